The number of hydrogen-bond acceptors (Lipinski definition) is 2. The molecule has 0 bridgehead atoms. The van der Waals surface area contributed by atoms with Gasteiger partial charge in [-0.05, 0) is 44.9 Å². The summed E-state index contributed by atoms with van der Waals surface area (Å²) in [5.74, 6) is 3.88. The van der Waals surface area contributed by atoms with Gasteiger partial charge in [-0.3, -0.25) is 0 Å². The molecule has 0 radical (unpaired) electrons. The molecule has 1 aliphatic carbocycles. The summed E-state index contributed by atoms with van der Waals surface area (Å²) >= 11 is 0. The van der Waals surface area contributed by atoms with Crippen molar-refractivity contribution in [1.29, 1.82) is 0 Å². The zero-order valence-corrected chi connectivity index (χ0v) is 10.6. The third kappa shape index (κ3) is 6.02. The predicted octanol–water partition coefficient (Wildman–Crippen LogP) is 3.36. The highest BCUT2D eigenvalue weighted by molar-refractivity contribution is 4.90. The van der Waals surface area contributed by atoms with Gasteiger partial charge in [-0.2, -0.15) is 0 Å². The van der Waals surface area contributed by atoms with Crippen LogP contribution in [-0.4, -0.2) is 19.3 Å². The molecule has 0 aliphatic heterocycles. The summed E-state index contributed by atoms with van der Waals surface area (Å²) in [7, 11) is 0. The van der Waals surface area contributed by atoms with Gasteiger partial charge in [0.25, 0.3) is 0 Å². The van der Waals surface area contributed by atoms with Gasteiger partial charge in [-0.15, -0.1) is 0 Å². The molecule has 1 saturated carbocycles. The Kier molecular flexibility index (Phi) is 7.09. The normalized spacial score (nSPS) is 24.6. The Morgan fingerprint density at radius 1 is 1.19 bits per heavy atom. The van der Waals surface area contributed by atoms with Gasteiger partial charge in [0.2, 0.25) is 0 Å². The van der Waals surface area contributed by atoms with Crippen LogP contribution in [0.4, 0.5) is 0 Å². The van der Waals surface area contributed by atoms with Crippen LogP contribution < -0.4 is 0 Å². The first kappa shape index (κ1) is 13.4. The smallest absolute Gasteiger partial charge is 0.110 e. The number of ether oxygens (including phenoxy) is 2. The van der Waals surface area contributed by atoms with Crippen molar-refractivity contribution < 1.29 is 9.47 Å². The SMILES string of the molecule is CCOC#CCCCOC1CCC(C)CC1. The summed E-state index contributed by atoms with van der Waals surface area (Å²) in [5, 5.41) is 0. The van der Waals surface area contributed by atoms with Crippen LogP contribution in [0.15, 0.2) is 0 Å². The largest absolute Gasteiger partial charge is 0.447 e. The molecule has 92 valence electrons. The summed E-state index contributed by atoms with van der Waals surface area (Å²) in [5.41, 5.74) is 0. The van der Waals surface area contributed by atoms with E-state index in [0.29, 0.717) is 12.7 Å². The van der Waals surface area contributed by atoms with Crippen molar-refractivity contribution in [2.45, 2.75) is 58.5 Å². The topological polar surface area (TPSA) is 18.5 Å². The Bertz CT molecular complexity index is 219. The van der Waals surface area contributed by atoms with E-state index in [2.05, 4.69) is 19.0 Å². The molecule has 0 aromatic carbocycles. The van der Waals surface area contributed by atoms with Crippen LogP contribution in [0.3, 0.4) is 0 Å². The van der Waals surface area contributed by atoms with Gasteiger partial charge < -0.3 is 9.47 Å². The molecule has 0 atom stereocenters. The van der Waals surface area contributed by atoms with Crippen LogP contribution in [-0.2, 0) is 9.47 Å². The fourth-order valence-electron chi connectivity index (χ4n) is 1.98. The molecule has 0 aromatic rings. The predicted molar refractivity (Wildman–Crippen MR) is 66.0 cm³/mol. The molecule has 1 fully saturated rings. The molecule has 2 heteroatoms. The molecule has 0 saturated heterocycles. The van der Waals surface area contributed by atoms with Gasteiger partial charge in [0.1, 0.15) is 6.11 Å². The minimum atomic E-state index is 0.510. The zero-order chi connectivity index (χ0) is 11.6. The third-order valence-corrected chi connectivity index (χ3v) is 3.05. The molecule has 0 unspecified atom stereocenters. The highest BCUT2D eigenvalue weighted by atomic mass is 16.5. The van der Waals surface area contributed by atoms with Crippen molar-refractivity contribution >= 4 is 0 Å². The molecule has 0 amide bonds. The zero-order valence-electron chi connectivity index (χ0n) is 10.6. The lowest BCUT2D eigenvalue weighted by molar-refractivity contribution is 0.0191. The standard InChI is InChI=1S/C14H24O2/c1-3-15-11-5-4-6-12-16-14-9-7-13(2)8-10-14/h13-14H,3-4,6-10,12H2,1-2H3. The van der Waals surface area contributed by atoms with Gasteiger partial charge in [-0.25, -0.2) is 0 Å². The summed E-state index contributed by atoms with van der Waals surface area (Å²) in [6, 6.07) is 0. The molecule has 0 N–H and O–H groups in total. The fraction of sp³-hybridized carbons (Fsp3) is 0.857. The van der Waals surface area contributed by atoms with Gasteiger partial charge in [-0.1, -0.05) is 12.8 Å². The van der Waals surface area contributed by atoms with Crippen molar-refractivity contribution in [2.75, 3.05) is 13.2 Å². The lowest BCUT2D eigenvalue weighted by Gasteiger charge is -2.26. The van der Waals surface area contributed by atoms with E-state index in [1.54, 1.807) is 0 Å². The summed E-state index contributed by atoms with van der Waals surface area (Å²) in [6.45, 7) is 5.80. The average Bonchev–Trinajstić information content (AvgIpc) is 2.30. The molecule has 2 nitrogen and oxygen atoms in total. The van der Waals surface area contributed by atoms with Gasteiger partial charge in [0.05, 0.1) is 12.7 Å². The van der Waals surface area contributed by atoms with Crippen LogP contribution in [0.25, 0.3) is 0 Å². The van der Waals surface area contributed by atoms with E-state index >= 15 is 0 Å². The molecular weight excluding hydrogens is 200 g/mol. The molecule has 1 rings (SSSR count). The Hall–Kier alpha value is -0.680. The summed E-state index contributed by atoms with van der Waals surface area (Å²) in [4.78, 5) is 0. The fourth-order valence-corrected chi connectivity index (χ4v) is 1.98. The van der Waals surface area contributed by atoms with Crippen molar-refractivity contribution in [3.63, 3.8) is 0 Å². The monoisotopic (exact) mass is 224 g/mol. The summed E-state index contributed by atoms with van der Waals surface area (Å²) < 4.78 is 10.8. The molecule has 16 heavy (non-hydrogen) atoms. The number of rotatable bonds is 5. The van der Waals surface area contributed by atoms with E-state index in [9.17, 15) is 0 Å². The first-order valence-electron chi connectivity index (χ1n) is 6.54. The van der Waals surface area contributed by atoms with E-state index in [0.717, 1.165) is 25.4 Å². The quantitative estimate of drug-likeness (QED) is 0.526. The highest BCUT2D eigenvalue weighted by Crippen LogP contribution is 2.25. The van der Waals surface area contributed by atoms with E-state index < -0.39 is 0 Å². The maximum absolute atomic E-state index is 5.83. The second kappa shape index (κ2) is 8.47. The third-order valence-electron chi connectivity index (χ3n) is 3.05. The maximum atomic E-state index is 5.83. The Morgan fingerprint density at radius 3 is 2.62 bits per heavy atom. The Morgan fingerprint density at radius 2 is 1.94 bits per heavy atom. The maximum Gasteiger partial charge on any atom is 0.110 e. The van der Waals surface area contributed by atoms with Crippen LogP contribution in [0.2, 0.25) is 0 Å². The van der Waals surface area contributed by atoms with Crippen LogP contribution in [0.5, 0.6) is 0 Å². The van der Waals surface area contributed by atoms with Crippen molar-refractivity contribution in [1.82, 2.24) is 0 Å². The second-order valence-corrected chi connectivity index (χ2v) is 4.57. The van der Waals surface area contributed by atoms with Crippen molar-refractivity contribution in [3.05, 3.63) is 0 Å². The molecule has 1 aliphatic rings. The van der Waals surface area contributed by atoms with Gasteiger partial charge >= 0.3 is 0 Å². The minimum absolute atomic E-state index is 0.510. The lowest BCUT2D eigenvalue weighted by atomic mass is 9.89. The van der Waals surface area contributed by atoms with Crippen molar-refractivity contribution in [2.24, 2.45) is 5.92 Å². The second-order valence-electron chi connectivity index (χ2n) is 4.57. The Balaban J connectivity index is 1.93. The first-order valence-corrected chi connectivity index (χ1v) is 6.54. The molecular formula is C14H24O2. The first-order chi connectivity index (χ1) is 7.83. The van der Waals surface area contributed by atoms with E-state index in [4.69, 9.17) is 9.47 Å². The lowest BCUT2D eigenvalue weighted by Crippen LogP contribution is -2.20. The van der Waals surface area contributed by atoms with E-state index in [1.807, 2.05) is 6.92 Å². The number of unbranched alkanes of at least 4 members (excludes halogenated alkanes) is 1. The molecule has 0 heterocycles. The highest BCUT2D eigenvalue weighted by Gasteiger charge is 2.17. The molecule has 0 spiro atoms. The van der Waals surface area contributed by atoms with E-state index in [1.165, 1.54) is 25.7 Å². The van der Waals surface area contributed by atoms with Crippen LogP contribution >= 0.6 is 0 Å². The minimum Gasteiger partial charge on any atom is -0.447 e. The van der Waals surface area contributed by atoms with Crippen LogP contribution in [0.1, 0.15) is 52.4 Å². The summed E-state index contributed by atoms with van der Waals surface area (Å²) in [6.07, 6.45) is 10.2. The van der Waals surface area contributed by atoms with Gasteiger partial charge in [0.15, 0.2) is 0 Å². The Labute approximate surface area is 99.7 Å². The van der Waals surface area contributed by atoms with E-state index in [-0.39, 0.29) is 0 Å². The number of hydrogen-bond donors (Lipinski definition) is 0. The average molecular weight is 224 g/mol. The van der Waals surface area contributed by atoms with Crippen LogP contribution in [0, 0.1) is 17.9 Å². The van der Waals surface area contributed by atoms with Crippen molar-refractivity contribution in [3.8, 4) is 12.0 Å². The molecule has 0 aromatic heterocycles. The van der Waals surface area contributed by atoms with Gasteiger partial charge in [0, 0.05) is 13.0 Å².